The number of hydrogen-bond donors (Lipinski definition) is 2. The van der Waals surface area contributed by atoms with E-state index in [1.165, 1.54) is 6.07 Å². The van der Waals surface area contributed by atoms with Crippen LogP contribution in [0.1, 0.15) is 24.5 Å². The Morgan fingerprint density at radius 1 is 1.53 bits per heavy atom. The lowest BCUT2D eigenvalue weighted by Gasteiger charge is -2.19. The van der Waals surface area contributed by atoms with Crippen LogP contribution in [0.5, 0.6) is 0 Å². The number of aliphatic hydroxyl groups excluding tert-OH is 1. The van der Waals surface area contributed by atoms with E-state index in [2.05, 4.69) is 0 Å². The van der Waals surface area contributed by atoms with E-state index in [0.29, 0.717) is 12.2 Å². The number of aliphatic hydroxyl groups is 1. The van der Waals surface area contributed by atoms with Crippen molar-refractivity contribution in [1.82, 2.24) is 0 Å². The summed E-state index contributed by atoms with van der Waals surface area (Å²) in [7, 11) is 0. The largest absolute Gasteiger partial charge is 0.396 e. The molecule has 1 aliphatic heterocycles. The first-order chi connectivity index (χ1) is 7.20. The van der Waals surface area contributed by atoms with Crippen LogP contribution in [0.25, 0.3) is 0 Å². The number of anilines is 1. The molecular formula is C11H14FNO2. The zero-order valence-corrected chi connectivity index (χ0v) is 8.32. The third-order valence-electron chi connectivity index (χ3n) is 2.72. The molecule has 0 bridgehead atoms. The van der Waals surface area contributed by atoms with E-state index in [9.17, 15) is 9.50 Å². The smallest absolute Gasteiger partial charge is 0.146 e. The van der Waals surface area contributed by atoms with Gasteiger partial charge in [-0.05, 0) is 18.9 Å². The van der Waals surface area contributed by atoms with Gasteiger partial charge in [-0.25, -0.2) is 4.39 Å². The second-order valence-corrected chi connectivity index (χ2v) is 3.74. The lowest BCUT2D eigenvalue weighted by molar-refractivity contribution is -0.00232. The summed E-state index contributed by atoms with van der Waals surface area (Å²) in [6.45, 7) is 0.650. The standard InChI is InChI=1S/C11H14FNO2/c12-8-4-1-3-7(10(8)13)11(14)9-5-2-6-15-9/h1,3-4,9,11,14H,2,5-6,13H2. The minimum atomic E-state index is -0.830. The van der Waals surface area contributed by atoms with Gasteiger partial charge in [0.25, 0.3) is 0 Å². The van der Waals surface area contributed by atoms with Gasteiger partial charge < -0.3 is 15.6 Å². The quantitative estimate of drug-likeness (QED) is 0.731. The number of halogens is 1. The predicted octanol–water partition coefficient (Wildman–Crippen LogP) is 1.62. The van der Waals surface area contributed by atoms with Gasteiger partial charge in [0.15, 0.2) is 0 Å². The molecule has 0 amide bonds. The maximum absolute atomic E-state index is 13.1. The number of ether oxygens (including phenoxy) is 1. The van der Waals surface area contributed by atoms with E-state index in [4.69, 9.17) is 10.5 Å². The van der Waals surface area contributed by atoms with Crippen molar-refractivity contribution in [2.75, 3.05) is 12.3 Å². The zero-order valence-electron chi connectivity index (χ0n) is 8.32. The number of hydrogen-bond acceptors (Lipinski definition) is 3. The molecule has 0 aromatic heterocycles. The third-order valence-corrected chi connectivity index (χ3v) is 2.72. The molecule has 1 fully saturated rings. The highest BCUT2D eigenvalue weighted by Gasteiger charge is 2.27. The lowest BCUT2D eigenvalue weighted by Crippen LogP contribution is -2.18. The van der Waals surface area contributed by atoms with Crippen LogP contribution in [0.3, 0.4) is 0 Å². The maximum Gasteiger partial charge on any atom is 0.146 e. The number of para-hydroxylation sites is 1. The molecule has 2 rings (SSSR count). The summed E-state index contributed by atoms with van der Waals surface area (Å²) in [5.41, 5.74) is 5.99. The summed E-state index contributed by atoms with van der Waals surface area (Å²) in [6, 6.07) is 4.45. The van der Waals surface area contributed by atoms with E-state index >= 15 is 0 Å². The maximum atomic E-state index is 13.1. The number of nitrogens with two attached hydrogens (primary N) is 1. The highest BCUT2D eigenvalue weighted by molar-refractivity contribution is 5.49. The van der Waals surface area contributed by atoms with Crippen molar-refractivity contribution in [2.45, 2.75) is 25.0 Å². The summed E-state index contributed by atoms with van der Waals surface area (Å²) < 4.78 is 18.5. The molecule has 2 unspecified atom stereocenters. The SMILES string of the molecule is Nc1c(F)cccc1C(O)C1CCCO1. The molecule has 1 saturated heterocycles. The topological polar surface area (TPSA) is 55.5 Å². The molecule has 1 heterocycles. The van der Waals surface area contributed by atoms with Crippen LogP contribution >= 0.6 is 0 Å². The zero-order chi connectivity index (χ0) is 10.8. The molecule has 3 N–H and O–H groups in total. The molecule has 0 spiro atoms. The molecule has 2 atom stereocenters. The van der Waals surface area contributed by atoms with Crippen molar-refractivity contribution in [3.8, 4) is 0 Å². The van der Waals surface area contributed by atoms with Crippen LogP contribution in [0.15, 0.2) is 18.2 Å². The van der Waals surface area contributed by atoms with Crippen molar-refractivity contribution < 1.29 is 14.2 Å². The molecule has 82 valence electrons. The minimum absolute atomic E-state index is 0.0144. The molecule has 0 radical (unpaired) electrons. The summed E-state index contributed by atoms with van der Waals surface area (Å²) >= 11 is 0. The van der Waals surface area contributed by atoms with E-state index in [0.717, 1.165) is 12.8 Å². The Hall–Kier alpha value is -1.13. The summed E-state index contributed by atoms with van der Waals surface area (Å²) in [4.78, 5) is 0. The van der Waals surface area contributed by atoms with E-state index in [1.807, 2.05) is 0 Å². The van der Waals surface area contributed by atoms with Gasteiger partial charge in [0.05, 0.1) is 11.8 Å². The van der Waals surface area contributed by atoms with Crippen LogP contribution in [0, 0.1) is 5.82 Å². The van der Waals surface area contributed by atoms with E-state index in [1.54, 1.807) is 12.1 Å². The minimum Gasteiger partial charge on any atom is -0.396 e. The van der Waals surface area contributed by atoms with Gasteiger partial charge >= 0.3 is 0 Å². The first kappa shape index (κ1) is 10.4. The van der Waals surface area contributed by atoms with Gasteiger partial charge in [-0.15, -0.1) is 0 Å². The molecule has 1 aromatic rings. The van der Waals surface area contributed by atoms with Crippen LogP contribution in [0.2, 0.25) is 0 Å². The second kappa shape index (κ2) is 4.16. The molecule has 1 aliphatic rings. The van der Waals surface area contributed by atoms with E-state index < -0.39 is 11.9 Å². The van der Waals surface area contributed by atoms with Gasteiger partial charge in [0.1, 0.15) is 11.9 Å². The number of nitrogen functional groups attached to an aromatic ring is 1. The van der Waals surface area contributed by atoms with Crippen LogP contribution < -0.4 is 5.73 Å². The first-order valence-electron chi connectivity index (χ1n) is 5.03. The Kier molecular flexibility index (Phi) is 2.88. The van der Waals surface area contributed by atoms with Crippen LogP contribution in [-0.4, -0.2) is 17.8 Å². The van der Waals surface area contributed by atoms with E-state index in [-0.39, 0.29) is 11.8 Å². The van der Waals surface area contributed by atoms with Crippen molar-refractivity contribution in [3.05, 3.63) is 29.6 Å². The van der Waals surface area contributed by atoms with Gasteiger partial charge in [0, 0.05) is 12.2 Å². The van der Waals surface area contributed by atoms with Crippen molar-refractivity contribution >= 4 is 5.69 Å². The van der Waals surface area contributed by atoms with Crippen LogP contribution in [0.4, 0.5) is 10.1 Å². The fourth-order valence-electron chi connectivity index (χ4n) is 1.86. The van der Waals surface area contributed by atoms with Gasteiger partial charge in [0.2, 0.25) is 0 Å². The van der Waals surface area contributed by atoms with Crippen LogP contribution in [-0.2, 0) is 4.74 Å². The summed E-state index contributed by atoms with van der Waals surface area (Å²) in [5.74, 6) is -0.496. The average Bonchev–Trinajstić information content (AvgIpc) is 2.74. The molecule has 0 aliphatic carbocycles. The Morgan fingerprint density at radius 2 is 2.33 bits per heavy atom. The highest BCUT2D eigenvalue weighted by Crippen LogP contribution is 2.30. The fraction of sp³-hybridized carbons (Fsp3) is 0.455. The Bertz CT molecular complexity index is 350. The molecule has 3 nitrogen and oxygen atoms in total. The Morgan fingerprint density at radius 3 is 3.00 bits per heavy atom. The second-order valence-electron chi connectivity index (χ2n) is 3.74. The summed E-state index contributed by atoms with van der Waals surface area (Å²) in [5, 5.41) is 9.95. The molecular weight excluding hydrogens is 197 g/mol. The third kappa shape index (κ3) is 1.96. The number of rotatable bonds is 2. The van der Waals surface area contributed by atoms with Gasteiger partial charge in [-0.2, -0.15) is 0 Å². The summed E-state index contributed by atoms with van der Waals surface area (Å²) in [6.07, 6.45) is 0.631. The molecule has 0 saturated carbocycles. The number of benzene rings is 1. The average molecular weight is 211 g/mol. The predicted molar refractivity (Wildman–Crippen MR) is 54.7 cm³/mol. The van der Waals surface area contributed by atoms with Crippen molar-refractivity contribution in [3.63, 3.8) is 0 Å². The normalized spacial score (nSPS) is 22.9. The monoisotopic (exact) mass is 211 g/mol. The molecule has 15 heavy (non-hydrogen) atoms. The van der Waals surface area contributed by atoms with Gasteiger partial charge in [-0.3, -0.25) is 0 Å². The first-order valence-corrected chi connectivity index (χ1v) is 5.03. The molecule has 4 heteroatoms. The van der Waals surface area contributed by atoms with Crippen molar-refractivity contribution in [1.29, 1.82) is 0 Å². The Balaban J connectivity index is 2.24. The fourth-order valence-corrected chi connectivity index (χ4v) is 1.86. The van der Waals surface area contributed by atoms with Crippen molar-refractivity contribution in [2.24, 2.45) is 0 Å². The lowest BCUT2D eigenvalue weighted by atomic mass is 10.0. The highest BCUT2D eigenvalue weighted by atomic mass is 19.1. The molecule has 1 aromatic carbocycles. The Labute approximate surface area is 87.7 Å². The van der Waals surface area contributed by atoms with Gasteiger partial charge in [-0.1, -0.05) is 12.1 Å².